The lowest BCUT2D eigenvalue weighted by atomic mass is 10.1. The second kappa shape index (κ2) is 6.93. The summed E-state index contributed by atoms with van der Waals surface area (Å²) in [6.45, 7) is 1.64. The van der Waals surface area contributed by atoms with Crippen LogP contribution in [0.4, 0.5) is 0 Å². The van der Waals surface area contributed by atoms with Gasteiger partial charge in [0.25, 0.3) is 0 Å². The summed E-state index contributed by atoms with van der Waals surface area (Å²) in [4.78, 5) is 17.7. The predicted molar refractivity (Wildman–Crippen MR) is 99.1 cm³/mol. The van der Waals surface area contributed by atoms with E-state index in [9.17, 15) is 4.79 Å². The van der Waals surface area contributed by atoms with E-state index in [1.165, 1.54) is 0 Å². The number of carbonyl (C=O) groups is 1. The van der Waals surface area contributed by atoms with Crippen molar-refractivity contribution in [3.63, 3.8) is 0 Å². The number of halogens is 2. The monoisotopic (exact) mass is 361 g/mol. The van der Waals surface area contributed by atoms with Gasteiger partial charge in [0, 0.05) is 24.2 Å². The van der Waals surface area contributed by atoms with Crippen molar-refractivity contribution in [2.75, 3.05) is 20.6 Å². The van der Waals surface area contributed by atoms with Gasteiger partial charge in [-0.05, 0) is 26.2 Å². The molecule has 0 radical (unpaired) electrons. The predicted octanol–water partition coefficient (Wildman–Crippen LogP) is 4.38. The van der Waals surface area contributed by atoms with Crippen LogP contribution in [0.25, 0.3) is 22.4 Å². The van der Waals surface area contributed by atoms with Gasteiger partial charge >= 0.3 is 0 Å². The Balaban J connectivity index is 2.16. The lowest BCUT2D eigenvalue weighted by Crippen LogP contribution is -2.18. The van der Waals surface area contributed by atoms with E-state index >= 15 is 0 Å². The van der Waals surface area contributed by atoms with Crippen LogP contribution in [-0.2, 0) is 6.54 Å². The molecule has 4 nitrogen and oxygen atoms in total. The minimum Gasteiger partial charge on any atom is -0.323 e. The second-order valence-electron chi connectivity index (χ2n) is 5.89. The smallest absolute Gasteiger partial charge is 0.150 e. The van der Waals surface area contributed by atoms with Gasteiger partial charge in [0.15, 0.2) is 0 Å². The number of likely N-dealkylation sites (N-methyl/N-ethyl adjacent to an activating group) is 1. The van der Waals surface area contributed by atoms with Crippen LogP contribution in [0.5, 0.6) is 0 Å². The first-order valence-corrected chi connectivity index (χ1v) is 8.31. The summed E-state index contributed by atoms with van der Waals surface area (Å²) in [5.41, 5.74) is 3.34. The molecule has 3 rings (SSSR count). The number of nitrogens with zero attached hydrogens (tertiary/aromatic N) is 3. The zero-order valence-corrected chi connectivity index (χ0v) is 15.0. The zero-order chi connectivity index (χ0) is 17.3. The summed E-state index contributed by atoms with van der Waals surface area (Å²) in [6, 6.07) is 11.0. The molecular formula is C18H17Cl2N3O. The second-order valence-corrected chi connectivity index (χ2v) is 6.70. The molecule has 2 aromatic carbocycles. The van der Waals surface area contributed by atoms with E-state index in [2.05, 4.69) is 9.47 Å². The topological polar surface area (TPSA) is 38.1 Å². The molecule has 0 saturated heterocycles. The number of fused-ring (bicyclic) bond motifs is 1. The van der Waals surface area contributed by atoms with E-state index in [1.807, 2.05) is 32.3 Å². The highest BCUT2D eigenvalue weighted by Crippen LogP contribution is 2.31. The number of imidazole rings is 1. The average molecular weight is 362 g/mol. The van der Waals surface area contributed by atoms with Crippen LogP contribution in [0.3, 0.4) is 0 Å². The van der Waals surface area contributed by atoms with E-state index in [1.54, 1.807) is 18.2 Å². The van der Waals surface area contributed by atoms with Crippen molar-refractivity contribution in [3.05, 3.63) is 52.0 Å². The fraction of sp³-hybridized carbons (Fsp3) is 0.222. The number of hydrogen-bond acceptors (Lipinski definition) is 3. The summed E-state index contributed by atoms with van der Waals surface area (Å²) >= 11 is 12.3. The molecule has 0 aliphatic rings. The molecule has 24 heavy (non-hydrogen) atoms. The van der Waals surface area contributed by atoms with E-state index in [0.717, 1.165) is 41.8 Å². The number of hydrogen-bond donors (Lipinski definition) is 0. The lowest BCUT2D eigenvalue weighted by Gasteiger charge is -2.13. The third-order valence-corrected chi connectivity index (χ3v) is 4.59. The summed E-state index contributed by atoms with van der Waals surface area (Å²) < 4.78 is 2.13. The highest BCUT2D eigenvalue weighted by molar-refractivity contribution is 6.42. The van der Waals surface area contributed by atoms with Crippen molar-refractivity contribution in [1.82, 2.24) is 14.5 Å². The number of aromatic nitrogens is 2. The number of benzene rings is 2. The van der Waals surface area contributed by atoms with Gasteiger partial charge in [0.2, 0.25) is 0 Å². The zero-order valence-electron chi connectivity index (χ0n) is 13.5. The van der Waals surface area contributed by atoms with Gasteiger partial charge in [-0.15, -0.1) is 0 Å². The summed E-state index contributed by atoms with van der Waals surface area (Å²) in [5, 5.41) is 1.00. The van der Waals surface area contributed by atoms with E-state index < -0.39 is 0 Å². The molecule has 1 heterocycles. The van der Waals surface area contributed by atoms with E-state index in [0.29, 0.717) is 15.6 Å². The Morgan fingerprint density at radius 2 is 1.79 bits per heavy atom. The van der Waals surface area contributed by atoms with Crippen molar-refractivity contribution in [2.45, 2.75) is 6.54 Å². The molecule has 6 heteroatoms. The normalized spacial score (nSPS) is 11.4. The fourth-order valence-corrected chi connectivity index (χ4v) is 2.89. The summed E-state index contributed by atoms with van der Waals surface area (Å²) in [6.07, 6.45) is 0.832. The van der Waals surface area contributed by atoms with Crippen LogP contribution in [0, 0.1) is 0 Å². The van der Waals surface area contributed by atoms with Crippen LogP contribution in [-0.4, -0.2) is 41.4 Å². The van der Waals surface area contributed by atoms with E-state index in [4.69, 9.17) is 28.2 Å². The Morgan fingerprint density at radius 1 is 1.12 bits per heavy atom. The van der Waals surface area contributed by atoms with Gasteiger partial charge in [-0.25, -0.2) is 4.98 Å². The molecule has 0 bridgehead atoms. The largest absolute Gasteiger partial charge is 0.323 e. The Bertz CT molecular complexity index is 885. The minimum absolute atomic E-state index is 0.490. The third-order valence-electron chi connectivity index (χ3n) is 3.87. The average Bonchev–Trinajstić information content (AvgIpc) is 2.91. The van der Waals surface area contributed by atoms with Crippen LogP contribution in [0.15, 0.2) is 36.4 Å². The van der Waals surface area contributed by atoms with Crippen LogP contribution in [0.1, 0.15) is 10.4 Å². The molecular weight excluding hydrogens is 345 g/mol. The molecule has 3 aromatic rings. The molecule has 0 saturated carbocycles. The van der Waals surface area contributed by atoms with Crippen LogP contribution < -0.4 is 0 Å². The van der Waals surface area contributed by atoms with Crippen molar-refractivity contribution < 1.29 is 4.79 Å². The van der Waals surface area contributed by atoms with Gasteiger partial charge in [-0.2, -0.15) is 0 Å². The molecule has 0 aliphatic carbocycles. The summed E-state index contributed by atoms with van der Waals surface area (Å²) in [5.74, 6) is 0.836. The third kappa shape index (κ3) is 3.31. The molecule has 124 valence electrons. The Kier molecular flexibility index (Phi) is 4.90. The van der Waals surface area contributed by atoms with Crippen LogP contribution in [0.2, 0.25) is 10.0 Å². The molecule has 0 aliphatic heterocycles. The van der Waals surface area contributed by atoms with Gasteiger partial charge in [-0.3, -0.25) is 4.79 Å². The number of rotatable bonds is 5. The maximum atomic E-state index is 10.9. The van der Waals surface area contributed by atoms with Crippen molar-refractivity contribution >= 4 is 40.5 Å². The molecule has 0 N–H and O–H groups in total. The van der Waals surface area contributed by atoms with Crippen molar-refractivity contribution in [3.8, 4) is 11.4 Å². The standard InChI is InChI=1S/C18H17Cl2N3O/c1-22(2)7-8-23-17-10-15(20)14(19)9-16(17)21-18(23)13-5-3-12(11-24)4-6-13/h3-6,9-11H,7-8H2,1-2H3. The minimum atomic E-state index is 0.490. The molecule has 0 amide bonds. The molecule has 1 aromatic heterocycles. The number of aldehydes is 1. The first-order chi connectivity index (χ1) is 11.5. The van der Waals surface area contributed by atoms with Gasteiger partial charge in [-0.1, -0.05) is 47.5 Å². The Morgan fingerprint density at radius 3 is 2.42 bits per heavy atom. The fourth-order valence-electron chi connectivity index (χ4n) is 2.58. The maximum Gasteiger partial charge on any atom is 0.150 e. The quantitative estimate of drug-likeness (QED) is 0.632. The SMILES string of the molecule is CN(C)CCn1c(-c2ccc(C=O)cc2)nc2cc(Cl)c(Cl)cc21. The highest BCUT2D eigenvalue weighted by atomic mass is 35.5. The van der Waals surface area contributed by atoms with Crippen molar-refractivity contribution in [1.29, 1.82) is 0 Å². The van der Waals surface area contributed by atoms with Gasteiger partial charge in [0.1, 0.15) is 12.1 Å². The first-order valence-electron chi connectivity index (χ1n) is 7.55. The van der Waals surface area contributed by atoms with Crippen molar-refractivity contribution in [2.24, 2.45) is 0 Å². The number of carbonyl (C=O) groups excluding carboxylic acids is 1. The summed E-state index contributed by atoms with van der Waals surface area (Å²) in [7, 11) is 4.06. The molecule has 0 unspecified atom stereocenters. The van der Waals surface area contributed by atoms with Gasteiger partial charge < -0.3 is 9.47 Å². The Hall–Kier alpha value is -1.88. The molecule has 0 atom stereocenters. The maximum absolute atomic E-state index is 10.9. The first kappa shape index (κ1) is 17.0. The van der Waals surface area contributed by atoms with Crippen LogP contribution >= 0.6 is 23.2 Å². The van der Waals surface area contributed by atoms with Gasteiger partial charge in [0.05, 0.1) is 21.1 Å². The molecule has 0 fully saturated rings. The van der Waals surface area contributed by atoms with E-state index in [-0.39, 0.29) is 0 Å². The lowest BCUT2D eigenvalue weighted by molar-refractivity contribution is 0.112. The molecule has 0 spiro atoms. The Labute approximate surface area is 150 Å². The highest BCUT2D eigenvalue weighted by Gasteiger charge is 2.15.